The van der Waals surface area contributed by atoms with E-state index in [1.54, 1.807) is 0 Å². The van der Waals surface area contributed by atoms with Crippen LogP contribution in [0.1, 0.15) is 18.4 Å². The van der Waals surface area contributed by atoms with Crippen molar-refractivity contribution in [3.05, 3.63) is 32.6 Å². The number of nitrogens with one attached hydrogen (secondary N) is 1. The normalized spacial score (nSPS) is 11.1. The van der Waals surface area contributed by atoms with E-state index in [1.807, 2.05) is 19.0 Å². The van der Waals surface area contributed by atoms with Crippen molar-refractivity contribution in [3.8, 4) is 11.8 Å². The number of rotatable bonds is 12. The first-order valence-corrected chi connectivity index (χ1v) is 11.8. The highest BCUT2D eigenvalue weighted by Crippen LogP contribution is 2.46. The summed E-state index contributed by atoms with van der Waals surface area (Å²) in [5.41, 5.74) is -1.46. The number of ether oxygens (including phenoxy) is 1. The molecule has 0 aliphatic rings. The summed E-state index contributed by atoms with van der Waals surface area (Å²) in [5, 5.41) is 0. The predicted octanol–water partition coefficient (Wildman–Crippen LogP) is -0.283. The van der Waals surface area contributed by atoms with Gasteiger partial charge in [-0.05, 0) is 20.5 Å². The highest BCUT2D eigenvalue weighted by atomic mass is 31.2. The van der Waals surface area contributed by atoms with Crippen molar-refractivity contribution >= 4 is 19.5 Å². The number of nitrogens with zero attached hydrogens (tertiary/aromatic N) is 3. The summed E-state index contributed by atoms with van der Waals surface area (Å²) in [6.07, 6.45) is 2.09. The second-order valence-electron chi connectivity index (χ2n) is 7.23. The third-order valence-corrected chi connectivity index (χ3v) is 6.52. The molecule has 0 bridgehead atoms. The van der Waals surface area contributed by atoms with Gasteiger partial charge >= 0.3 is 19.3 Å². The number of aromatic nitrogens is 2. The Kier molecular flexibility index (Phi) is 11.8. The third-order valence-electron chi connectivity index (χ3n) is 4.55. The van der Waals surface area contributed by atoms with Crippen LogP contribution in [0.3, 0.4) is 0 Å². The summed E-state index contributed by atoms with van der Waals surface area (Å²) < 4.78 is 27.3. The van der Waals surface area contributed by atoms with Crippen molar-refractivity contribution in [1.29, 1.82) is 0 Å². The van der Waals surface area contributed by atoms with Gasteiger partial charge in [0.15, 0.2) is 0 Å². The Balaban J connectivity index is 2.95. The number of esters is 1. The molecule has 0 aliphatic heterocycles. The highest BCUT2D eigenvalue weighted by molar-refractivity contribution is 7.53. The molecule has 0 fully saturated rings. The van der Waals surface area contributed by atoms with E-state index in [0.29, 0.717) is 19.4 Å². The maximum Gasteiger partial charge on any atom is 0.330 e. The van der Waals surface area contributed by atoms with Crippen LogP contribution >= 0.6 is 7.60 Å². The summed E-state index contributed by atoms with van der Waals surface area (Å²) in [5.74, 6) is 4.35. The fourth-order valence-corrected chi connectivity index (χ4v) is 3.63. The summed E-state index contributed by atoms with van der Waals surface area (Å²) in [4.78, 5) is 53.9. The number of amides is 1. The first-order valence-electron chi connectivity index (χ1n) is 10.1. The Morgan fingerprint density at radius 1 is 1.15 bits per heavy atom. The summed E-state index contributed by atoms with van der Waals surface area (Å²) in [7, 11) is 4.33. The molecule has 12 nitrogen and oxygen atoms in total. The molecular weight excluding hydrogens is 455 g/mol. The van der Waals surface area contributed by atoms with Crippen molar-refractivity contribution < 1.29 is 27.9 Å². The van der Waals surface area contributed by atoms with Crippen LogP contribution in [0.4, 0.5) is 0 Å². The molecule has 0 radical (unpaired) electrons. The van der Waals surface area contributed by atoms with E-state index >= 15 is 0 Å². The Bertz CT molecular complexity index is 1030. The van der Waals surface area contributed by atoms with Gasteiger partial charge in [-0.15, -0.1) is 0 Å². The standard InChI is InChI=1S/C20H31N4O8P/c1-22(2)10-11-23(15-18(26)30-3)17(25)14-24-13-16(19(27)21-20(24)28)9-7-6-8-12-33(29,31-4)32-5/h13H,6,8,10-12,14-15H2,1-5H3,(H,21,27,28). The van der Waals surface area contributed by atoms with Crippen LogP contribution in [0.5, 0.6) is 0 Å². The van der Waals surface area contributed by atoms with Crippen LogP contribution in [0.2, 0.25) is 0 Å². The van der Waals surface area contributed by atoms with Crippen molar-refractivity contribution in [2.45, 2.75) is 19.4 Å². The van der Waals surface area contributed by atoms with E-state index in [0.717, 1.165) is 4.57 Å². The fourth-order valence-electron chi connectivity index (χ4n) is 2.57. The van der Waals surface area contributed by atoms with Gasteiger partial charge in [0.05, 0.1) is 13.3 Å². The minimum atomic E-state index is -3.13. The number of carbonyl (C=O) groups is 2. The number of methoxy groups -OCH3 is 1. The molecule has 184 valence electrons. The monoisotopic (exact) mass is 486 g/mol. The highest BCUT2D eigenvalue weighted by Gasteiger charge is 2.20. The van der Waals surface area contributed by atoms with E-state index < -0.39 is 30.7 Å². The van der Waals surface area contributed by atoms with Crippen LogP contribution in [0.25, 0.3) is 0 Å². The molecule has 1 heterocycles. The Morgan fingerprint density at radius 3 is 2.39 bits per heavy atom. The van der Waals surface area contributed by atoms with Gasteiger partial charge in [0.25, 0.3) is 5.56 Å². The van der Waals surface area contributed by atoms with E-state index in [1.165, 1.54) is 32.4 Å². The molecule has 13 heteroatoms. The van der Waals surface area contributed by atoms with Gasteiger partial charge in [0.2, 0.25) is 5.91 Å². The number of likely N-dealkylation sites (N-methyl/N-ethyl adjacent to an activating group) is 1. The topological polar surface area (TPSA) is 140 Å². The smallest absolute Gasteiger partial charge is 0.330 e. The van der Waals surface area contributed by atoms with Crippen LogP contribution < -0.4 is 11.2 Å². The molecular formula is C20H31N4O8P. The lowest BCUT2D eigenvalue weighted by atomic mass is 10.3. The average molecular weight is 486 g/mol. The number of hydrogen-bond donors (Lipinski definition) is 1. The summed E-state index contributed by atoms with van der Waals surface area (Å²) in [6.45, 7) is 0.0951. The molecule has 0 aliphatic carbocycles. The second-order valence-corrected chi connectivity index (χ2v) is 9.63. The van der Waals surface area contributed by atoms with Gasteiger partial charge in [-0.2, -0.15) is 0 Å². The second kappa shape index (κ2) is 13.7. The minimum Gasteiger partial charge on any atom is -0.468 e. The van der Waals surface area contributed by atoms with E-state index in [-0.39, 0.29) is 31.4 Å². The van der Waals surface area contributed by atoms with Crippen LogP contribution in [0, 0.1) is 11.8 Å². The number of unbranched alkanes of at least 4 members (excludes halogenated alkanes) is 1. The van der Waals surface area contributed by atoms with Crippen molar-refractivity contribution in [1.82, 2.24) is 19.4 Å². The number of hydrogen-bond acceptors (Lipinski definition) is 9. The Labute approximate surface area is 192 Å². The first-order chi connectivity index (χ1) is 15.5. The fraction of sp³-hybridized carbons (Fsp3) is 0.600. The predicted molar refractivity (Wildman–Crippen MR) is 121 cm³/mol. The molecule has 0 atom stereocenters. The minimum absolute atomic E-state index is 0.00289. The zero-order valence-corrected chi connectivity index (χ0v) is 20.5. The molecule has 0 saturated heterocycles. The Morgan fingerprint density at radius 2 is 1.82 bits per heavy atom. The maximum atomic E-state index is 12.7. The van der Waals surface area contributed by atoms with E-state index in [9.17, 15) is 23.7 Å². The van der Waals surface area contributed by atoms with E-state index in [2.05, 4.69) is 21.6 Å². The number of aromatic amines is 1. The summed E-state index contributed by atoms with van der Waals surface area (Å²) >= 11 is 0. The van der Waals surface area contributed by atoms with Crippen LogP contribution in [0.15, 0.2) is 15.8 Å². The van der Waals surface area contributed by atoms with E-state index in [4.69, 9.17) is 9.05 Å². The summed E-state index contributed by atoms with van der Waals surface area (Å²) in [6, 6.07) is 0. The van der Waals surface area contributed by atoms with Gasteiger partial charge in [-0.1, -0.05) is 11.8 Å². The van der Waals surface area contributed by atoms with Crippen molar-refractivity contribution in [3.63, 3.8) is 0 Å². The molecule has 1 aromatic heterocycles. The molecule has 1 aromatic rings. The lowest BCUT2D eigenvalue weighted by molar-refractivity contribution is -0.147. The molecule has 1 rings (SSSR count). The zero-order valence-electron chi connectivity index (χ0n) is 19.6. The number of carbonyl (C=O) groups excluding carboxylic acids is 2. The van der Waals surface area contributed by atoms with Crippen molar-refractivity contribution in [2.24, 2.45) is 0 Å². The SMILES string of the molecule is COC(=O)CN(CCN(C)C)C(=O)Cn1cc(C#CCCCP(=O)(OC)OC)c(=O)[nH]c1=O. The number of H-pyrrole nitrogens is 1. The molecule has 0 unspecified atom stereocenters. The lowest BCUT2D eigenvalue weighted by Gasteiger charge is -2.23. The third kappa shape index (κ3) is 9.75. The molecule has 0 saturated carbocycles. The van der Waals surface area contributed by atoms with Crippen LogP contribution in [-0.4, -0.2) is 92.4 Å². The molecule has 0 spiro atoms. The first kappa shape index (κ1) is 28.3. The quantitative estimate of drug-likeness (QED) is 0.183. The van der Waals surface area contributed by atoms with Crippen LogP contribution in [-0.2, 0) is 34.5 Å². The Hall–Kier alpha value is -2.71. The molecule has 1 N–H and O–H groups in total. The van der Waals surface area contributed by atoms with Gasteiger partial charge in [0.1, 0.15) is 18.7 Å². The van der Waals surface area contributed by atoms with Crippen molar-refractivity contribution in [2.75, 3.05) is 61.2 Å². The average Bonchev–Trinajstić information content (AvgIpc) is 2.78. The maximum absolute atomic E-state index is 12.7. The van der Waals surface area contributed by atoms with Gasteiger partial charge in [-0.25, -0.2) is 4.79 Å². The van der Waals surface area contributed by atoms with Gasteiger partial charge in [-0.3, -0.25) is 28.5 Å². The molecule has 1 amide bonds. The lowest BCUT2D eigenvalue weighted by Crippen LogP contribution is -2.44. The van der Waals surface area contributed by atoms with Gasteiger partial charge < -0.3 is 23.6 Å². The van der Waals surface area contributed by atoms with Gasteiger partial charge in [0, 0.05) is 39.9 Å². The molecule has 0 aromatic carbocycles. The largest absolute Gasteiger partial charge is 0.468 e. The molecule has 33 heavy (non-hydrogen) atoms. The zero-order chi connectivity index (χ0) is 25.0.